The zero-order valence-corrected chi connectivity index (χ0v) is 9.14. The maximum absolute atomic E-state index is 4.89. The maximum atomic E-state index is 4.89. The van der Waals surface area contributed by atoms with Crippen LogP contribution in [0.5, 0.6) is 0 Å². The predicted octanol–water partition coefficient (Wildman–Crippen LogP) is 3.52. The Kier molecular flexibility index (Phi) is 6.98. The first-order valence-corrected chi connectivity index (χ1v) is 7.33. The van der Waals surface area contributed by atoms with Crippen LogP contribution in [0.3, 0.4) is 0 Å². The Bertz CT molecular complexity index is 141. The summed E-state index contributed by atoms with van der Waals surface area (Å²) in [5, 5.41) is 0. The summed E-state index contributed by atoms with van der Waals surface area (Å²) in [6.45, 7) is 4.36. The summed E-state index contributed by atoms with van der Waals surface area (Å²) < 4.78 is 0. The van der Waals surface area contributed by atoms with E-state index in [0.29, 0.717) is 5.92 Å². The van der Waals surface area contributed by atoms with Gasteiger partial charge in [-0.15, -0.1) is 0 Å². The summed E-state index contributed by atoms with van der Waals surface area (Å²) in [5.74, 6) is 0.694. The van der Waals surface area contributed by atoms with E-state index in [4.69, 9.17) is 18.6 Å². The van der Waals surface area contributed by atoms with Crippen LogP contribution in [0, 0.1) is 5.92 Å². The minimum absolute atomic E-state index is 0.556. The molecule has 1 rings (SSSR count). The second-order valence-corrected chi connectivity index (χ2v) is 4.73. The Morgan fingerprint density at radius 3 is 2.10 bits per heavy atom. The summed E-state index contributed by atoms with van der Waals surface area (Å²) in [6, 6.07) is 0. The second kappa shape index (κ2) is 6.48. The van der Waals surface area contributed by atoms with E-state index < -0.39 is 17.0 Å². The van der Waals surface area contributed by atoms with Crippen molar-refractivity contribution < 1.29 is 17.0 Å². The Balaban J connectivity index is 0.000000236. The molecule has 0 aliphatic heterocycles. The molecule has 1 aliphatic carbocycles. The van der Waals surface area contributed by atoms with Gasteiger partial charge in [-0.1, -0.05) is 30.7 Å². The molecule has 1 atom stereocenters. The Labute approximate surface area is 79.0 Å². The molecule has 10 heavy (non-hydrogen) atoms. The third-order valence-electron chi connectivity index (χ3n) is 1.48. The van der Waals surface area contributed by atoms with Gasteiger partial charge < -0.3 is 0 Å². The molecule has 0 aromatic carbocycles. The molecule has 3 heteroatoms. The Morgan fingerprint density at radius 2 is 2.00 bits per heavy atom. The van der Waals surface area contributed by atoms with Crippen LogP contribution in [0.25, 0.3) is 0 Å². The number of halogens is 2. The summed E-state index contributed by atoms with van der Waals surface area (Å²) >= 11 is -0.556. The molecule has 0 spiro atoms. The molecule has 0 fully saturated rings. The Hall–Kier alpha value is 0.774. The van der Waals surface area contributed by atoms with E-state index in [1.54, 1.807) is 0 Å². The van der Waals surface area contributed by atoms with Gasteiger partial charge in [-0.2, -0.15) is 0 Å². The van der Waals surface area contributed by atoms with Crippen molar-refractivity contribution in [2.75, 3.05) is 0 Å². The van der Waals surface area contributed by atoms with Crippen molar-refractivity contribution in [2.45, 2.75) is 13.8 Å². The van der Waals surface area contributed by atoms with Gasteiger partial charge >= 0.3 is 35.6 Å². The second-order valence-electron chi connectivity index (χ2n) is 2.16. The van der Waals surface area contributed by atoms with E-state index in [1.165, 1.54) is 5.57 Å². The molecule has 0 heterocycles. The molecular weight excluding hydrogens is 203 g/mol. The summed E-state index contributed by atoms with van der Waals surface area (Å²) in [5.41, 5.74) is 1.47. The van der Waals surface area contributed by atoms with Crippen molar-refractivity contribution in [3.63, 3.8) is 0 Å². The fourth-order valence-corrected chi connectivity index (χ4v) is 0.678. The zero-order valence-electron chi connectivity index (χ0n) is 6.07. The normalized spacial score (nSPS) is 21.2. The molecule has 1 aliphatic rings. The Morgan fingerprint density at radius 1 is 1.50 bits per heavy atom. The average Bonchev–Trinajstić information content (AvgIpc) is 2.19. The van der Waals surface area contributed by atoms with Crippen molar-refractivity contribution in [2.24, 2.45) is 5.92 Å². The monoisotopic (exact) mass is 212 g/mol. The van der Waals surface area contributed by atoms with Gasteiger partial charge in [0.05, 0.1) is 0 Å². The van der Waals surface area contributed by atoms with Gasteiger partial charge in [0.2, 0.25) is 0 Å². The van der Waals surface area contributed by atoms with Gasteiger partial charge in [-0.05, 0) is 12.8 Å². The van der Waals surface area contributed by atoms with Gasteiger partial charge in [0, 0.05) is 0 Å². The first kappa shape index (κ1) is 10.8. The van der Waals surface area contributed by atoms with Gasteiger partial charge in [0.15, 0.2) is 0 Å². The van der Waals surface area contributed by atoms with Crippen LogP contribution < -0.4 is 0 Å². The van der Waals surface area contributed by atoms with E-state index >= 15 is 0 Å². The van der Waals surface area contributed by atoms with Crippen LogP contribution in [-0.2, 0) is 17.0 Å². The van der Waals surface area contributed by atoms with Crippen molar-refractivity contribution in [3.05, 3.63) is 23.8 Å². The molecule has 0 amide bonds. The molecule has 0 saturated heterocycles. The molecule has 1 unspecified atom stereocenters. The third kappa shape index (κ3) is 4.57. The zero-order chi connectivity index (χ0) is 7.98. The number of rotatable bonds is 0. The standard InChI is InChI=1S/C7H10.2ClH.Ti/c1-6-4-3-5-7(6)2;;;/h3-6H,1-2H3;2*1H;/q;;;+2/p-2. The van der Waals surface area contributed by atoms with E-state index in [2.05, 4.69) is 32.1 Å². The number of allylic oxidation sites excluding steroid dienone is 4. The van der Waals surface area contributed by atoms with Crippen molar-refractivity contribution in [1.29, 1.82) is 0 Å². The van der Waals surface area contributed by atoms with Gasteiger partial charge in [0.1, 0.15) is 0 Å². The number of hydrogen-bond donors (Lipinski definition) is 0. The molecule has 0 aromatic rings. The van der Waals surface area contributed by atoms with Crippen LogP contribution in [0.2, 0.25) is 0 Å². The molecule has 0 saturated carbocycles. The molecule has 0 aromatic heterocycles. The van der Waals surface area contributed by atoms with Crippen LogP contribution in [-0.4, -0.2) is 0 Å². The van der Waals surface area contributed by atoms with Crippen molar-refractivity contribution >= 4 is 18.6 Å². The average molecular weight is 213 g/mol. The summed E-state index contributed by atoms with van der Waals surface area (Å²) in [6.07, 6.45) is 6.47. The fraction of sp³-hybridized carbons (Fsp3) is 0.429. The van der Waals surface area contributed by atoms with Crippen molar-refractivity contribution in [3.8, 4) is 0 Å². The van der Waals surface area contributed by atoms with E-state index in [1.807, 2.05) is 0 Å². The first-order valence-electron chi connectivity index (χ1n) is 3.03. The van der Waals surface area contributed by atoms with E-state index in [-0.39, 0.29) is 0 Å². The number of hydrogen-bond acceptors (Lipinski definition) is 0. The van der Waals surface area contributed by atoms with Gasteiger partial charge in [-0.25, -0.2) is 0 Å². The summed E-state index contributed by atoms with van der Waals surface area (Å²) in [7, 11) is 9.78. The van der Waals surface area contributed by atoms with Crippen LogP contribution in [0.4, 0.5) is 0 Å². The molecule has 0 nitrogen and oxygen atoms in total. The van der Waals surface area contributed by atoms with Crippen LogP contribution >= 0.6 is 18.6 Å². The van der Waals surface area contributed by atoms with Gasteiger partial charge in [0.25, 0.3) is 0 Å². The molecule has 56 valence electrons. The molecule has 0 radical (unpaired) electrons. The molecule has 0 bridgehead atoms. The quantitative estimate of drug-likeness (QED) is 0.540. The van der Waals surface area contributed by atoms with E-state index in [9.17, 15) is 0 Å². The van der Waals surface area contributed by atoms with E-state index in [0.717, 1.165) is 0 Å². The van der Waals surface area contributed by atoms with Crippen molar-refractivity contribution in [1.82, 2.24) is 0 Å². The summed E-state index contributed by atoms with van der Waals surface area (Å²) in [4.78, 5) is 0. The van der Waals surface area contributed by atoms with Gasteiger partial charge in [-0.3, -0.25) is 0 Å². The minimum atomic E-state index is -0.556. The predicted molar refractivity (Wildman–Crippen MR) is 43.8 cm³/mol. The topological polar surface area (TPSA) is 0 Å². The SMILES string of the molecule is CC1=CC=CC1C.[Cl][Ti][Cl]. The molecular formula is C7H10Cl2Ti. The third-order valence-corrected chi connectivity index (χ3v) is 1.48. The van der Waals surface area contributed by atoms with Crippen LogP contribution in [0.15, 0.2) is 23.8 Å². The van der Waals surface area contributed by atoms with Crippen LogP contribution in [0.1, 0.15) is 13.8 Å². The fourth-order valence-electron chi connectivity index (χ4n) is 0.678. The molecule has 0 N–H and O–H groups in total. The first-order chi connectivity index (χ1) is 4.72.